The van der Waals surface area contributed by atoms with Crippen molar-refractivity contribution in [2.24, 2.45) is 11.8 Å². The molecule has 15 heavy (non-hydrogen) atoms. The first-order valence-electron chi connectivity index (χ1n) is 5.49. The van der Waals surface area contributed by atoms with Crippen LogP contribution >= 0.6 is 0 Å². The van der Waals surface area contributed by atoms with E-state index in [0.29, 0.717) is 5.92 Å². The minimum atomic E-state index is -0.694. The third kappa shape index (κ3) is 1.66. The summed E-state index contributed by atoms with van der Waals surface area (Å²) in [4.78, 5) is 14.2. The van der Waals surface area contributed by atoms with Crippen molar-refractivity contribution in [2.45, 2.75) is 32.6 Å². The molecule has 1 heterocycles. The summed E-state index contributed by atoms with van der Waals surface area (Å²) in [5.41, 5.74) is 2.51. The summed E-state index contributed by atoms with van der Waals surface area (Å²) in [6.45, 7) is 3.96. The van der Waals surface area contributed by atoms with Crippen molar-refractivity contribution in [1.82, 2.24) is 4.98 Å². The third-order valence-electron chi connectivity index (χ3n) is 3.64. The Kier molecular flexibility index (Phi) is 2.55. The van der Waals surface area contributed by atoms with E-state index in [1.54, 1.807) is 0 Å². The van der Waals surface area contributed by atoms with Gasteiger partial charge in [0, 0.05) is 18.3 Å². The number of aromatic amines is 1. The van der Waals surface area contributed by atoms with E-state index in [-0.39, 0.29) is 11.8 Å². The van der Waals surface area contributed by atoms with Crippen LogP contribution < -0.4 is 0 Å². The second-order valence-corrected chi connectivity index (χ2v) is 4.60. The number of fused-ring (bicyclic) bond motifs is 1. The Labute approximate surface area is 89.5 Å². The molecule has 0 spiro atoms. The minimum Gasteiger partial charge on any atom is -0.481 e. The number of aromatic nitrogens is 1. The van der Waals surface area contributed by atoms with Crippen LogP contribution in [0, 0.1) is 11.8 Å². The molecule has 1 aromatic rings. The van der Waals surface area contributed by atoms with Gasteiger partial charge in [-0.3, -0.25) is 4.79 Å². The van der Waals surface area contributed by atoms with Crippen LogP contribution in [0.4, 0.5) is 0 Å². The molecule has 2 rings (SSSR count). The van der Waals surface area contributed by atoms with Crippen LogP contribution in [0.5, 0.6) is 0 Å². The molecule has 0 radical (unpaired) electrons. The molecule has 0 aromatic carbocycles. The number of carboxylic acid groups (broad SMARTS) is 1. The van der Waals surface area contributed by atoms with Gasteiger partial charge in [-0.05, 0) is 29.9 Å². The third-order valence-corrected chi connectivity index (χ3v) is 3.64. The lowest BCUT2D eigenvalue weighted by atomic mass is 9.72. The maximum atomic E-state index is 11.1. The largest absolute Gasteiger partial charge is 0.481 e. The first-order chi connectivity index (χ1) is 7.11. The molecule has 0 saturated carbocycles. The van der Waals surface area contributed by atoms with E-state index in [4.69, 9.17) is 5.11 Å². The van der Waals surface area contributed by atoms with E-state index >= 15 is 0 Å². The van der Waals surface area contributed by atoms with Crippen molar-refractivity contribution >= 4 is 5.97 Å². The van der Waals surface area contributed by atoms with Crippen LogP contribution in [-0.2, 0) is 11.2 Å². The standard InChI is InChI=1S/C12H17NO2/c1-7-3-4-9-5-13-6-10(9)11(7)8(2)12(14)15/h5-8,11,13H,3-4H2,1-2H3,(H,14,15). The first kappa shape index (κ1) is 10.3. The van der Waals surface area contributed by atoms with Crippen molar-refractivity contribution in [2.75, 3.05) is 0 Å². The van der Waals surface area contributed by atoms with E-state index in [9.17, 15) is 4.79 Å². The zero-order valence-electron chi connectivity index (χ0n) is 9.16. The molecule has 1 aliphatic rings. The zero-order chi connectivity index (χ0) is 11.0. The van der Waals surface area contributed by atoms with E-state index in [1.807, 2.05) is 19.3 Å². The molecule has 0 saturated heterocycles. The molecule has 3 nitrogen and oxygen atoms in total. The Morgan fingerprint density at radius 1 is 1.60 bits per heavy atom. The molecule has 0 amide bonds. The van der Waals surface area contributed by atoms with Crippen molar-refractivity contribution in [3.8, 4) is 0 Å². The quantitative estimate of drug-likeness (QED) is 0.782. The summed E-state index contributed by atoms with van der Waals surface area (Å²) in [5, 5.41) is 9.10. The predicted molar refractivity (Wildman–Crippen MR) is 57.8 cm³/mol. The minimum absolute atomic E-state index is 0.164. The summed E-state index contributed by atoms with van der Waals surface area (Å²) in [7, 11) is 0. The Morgan fingerprint density at radius 3 is 3.00 bits per heavy atom. The van der Waals surface area contributed by atoms with Crippen LogP contribution in [0.1, 0.15) is 37.3 Å². The second-order valence-electron chi connectivity index (χ2n) is 4.60. The Bertz CT molecular complexity index is 369. The molecule has 3 unspecified atom stereocenters. The van der Waals surface area contributed by atoms with Gasteiger partial charge in [0.15, 0.2) is 0 Å². The van der Waals surface area contributed by atoms with E-state index in [0.717, 1.165) is 12.8 Å². The normalized spacial score (nSPS) is 27.1. The van der Waals surface area contributed by atoms with Gasteiger partial charge in [0.2, 0.25) is 0 Å². The number of rotatable bonds is 2. The van der Waals surface area contributed by atoms with E-state index < -0.39 is 5.97 Å². The fraction of sp³-hybridized carbons (Fsp3) is 0.583. The summed E-state index contributed by atoms with van der Waals surface area (Å²) < 4.78 is 0. The highest BCUT2D eigenvalue weighted by Gasteiger charge is 2.34. The highest BCUT2D eigenvalue weighted by atomic mass is 16.4. The highest BCUT2D eigenvalue weighted by molar-refractivity contribution is 5.71. The van der Waals surface area contributed by atoms with Gasteiger partial charge >= 0.3 is 5.97 Å². The number of carboxylic acids is 1. The molecule has 0 aliphatic heterocycles. The molecular weight excluding hydrogens is 190 g/mol. The topological polar surface area (TPSA) is 53.1 Å². The molecule has 1 aromatic heterocycles. The highest BCUT2D eigenvalue weighted by Crippen LogP contribution is 2.40. The lowest BCUT2D eigenvalue weighted by Gasteiger charge is -2.31. The number of aliphatic carboxylic acids is 1. The second kappa shape index (κ2) is 3.72. The fourth-order valence-electron chi connectivity index (χ4n) is 2.72. The maximum Gasteiger partial charge on any atom is 0.306 e. The van der Waals surface area contributed by atoms with Gasteiger partial charge in [-0.2, -0.15) is 0 Å². The van der Waals surface area contributed by atoms with Crippen molar-refractivity contribution < 1.29 is 9.90 Å². The van der Waals surface area contributed by atoms with Crippen LogP contribution in [-0.4, -0.2) is 16.1 Å². The van der Waals surface area contributed by atoms with E-state index in [2.05, 4.69) is 11.9 Å². The Morgan fingerprint density at radius 2 is 2.33 bits per heavy atom. The average Bonchev–Trinajstić information content (AvgIpc) is 2.64. The summed E-state index contributed by atoms with van der Waals surface area (Å²) in [5.74, 6) is -0.368. The smallest absolute Gasteiger partial charge is 0.306 e. The zero-order valence-corrected chi connectivity index (χ0v) is 9.16. The fourth-order valence-corrected chi connectivity index (χ4v) is 2.72. The van der Waals surface area contributed by atoms with Crippen LogP contribution in [0.15, 0.2) is 12.4 Å². The SMILES string of the molecule is CC1CCc2c[nH]cc2C1C(C)C(=O)O. The van der Waals surface area contributed by atoms with Gasteiger partial charge in [0.25, 0.3) is 0 Å². The lowest BCUT2D eigenvalue weighted by Crippen LogP contribution is -2.27. The summed E-state index contributed by atoms with van der Waals surface area (Å²) in [6.07, 6.45) is 6.13. The number of nitrogens with one attached hydrogen (secondary N) is 1. The maximum absolute atomic E-state index is 11.1. The number of hydrogen-bond donors (Lipinski definition) is 2. The summed E-state index contributed by atoms with van der Waals surface area (Å²) in [6, 6.07) is 0. The van der Waals surface area contributed by atoms with Crippen molar-refractivity contribution in [3.63, 3.8) is 0 Å². The Balaban J connectivity index is 2.35. The monoisotopic (exact) mass is 207 g/mol. The lowest BCUT2D eigenvalue weighted by molar-refractivity contribution is -0.142. The van der Waals surface area contributed by atoms with Gasteiger partial charge in [-0.1, -0.05) is 13.8 Å². The van der Waals surface area contributed by atoms with Crippen molar-refractivity contribution in [1.29, 1.82) is 0 Å². The number of hydrogen-bond acceptors (Lipinski definition) is 1. The van der Waals surface area contributed by atoms with Gasteiger partial charge in [-0.15, -0.1) is 0 Å². The van der Waals surface area contributed by atoms with Crippen molar-refractivity contribution in [3.05, 3.63) is 23.5 Å². The molecule has 3 heteroatoms. The summed E-state index contributed by atoms with van der Waals surface area (Å²) >= 11 is 0. The van der Waals surface area contributed by atoms with E-state index in [1.165, 1.54) is 11.1 Å². The average molecular weight is 207 g/mol. The van der Waals surface area contributed by atoms with Crippen LogP contribution in [0.2, 0.25) is 0 Å². The molecule has 82 valence electrons. The molecular formula is C12H17NO2. The number of carbonyl (C=O) groups is 1. The van der Waals surface area contributed by atoms with Gasteiger partial charge in [0.05, 0.1) is 5.92 Å². The Hall–Kier alpha value is -1.25. The molecule has 0 fully saturated rings. The molecule has 3 atom stereocenters. The van der Waals surface area contributed by atoms with Crippen LogP contribution in [0.25, 0.3) is 0 Å². The molecule has 0 bridgehead atoms. The van der Waals surface area contributed by atoms with Gasteiger partial charge < -0.3 is 10.1 Å². The number of aryl methyl sites for hydroxylation is 1. The number of H-pyrrole nitrogens is 1. The molecule has 2 N–H and O–H groups in total. The van der Waals surface area contributed by atoms with Gasteiger partial charge in [-0.25, -0.2) is 0 Å². The first-order valence-corrected chi connectivity index (χ1v) is 5.49. The predicted octanol–water partition coefficient (Wildman–Crippen LogP) is 2.40. The van der Waals surface area contributed by atoms with Crippen LogP contribution in [0.3, 0.4) is 0 Å². The van der Waals surface area contributed by atoms with Gasteiger partial charge in [0.1, 0.15) is 0 Å². The molecule has 1 aliphatic carbocycles.